The van der Waals surface area contributed by atoms with E-state index in [1.807, 2.05) is 6.92 Å². The molecule has 0 saturated carbocycles. The lowest BCUT2D eigenvalue weighted by Gasteiger charge is -2.20. The van der Waals surface area contributed by atoms with Crippen molar-refractivity contribution in [3.05, 3.63) is 0 Å². The van der Waals surface area contributed by atoms with Crippen LogP contribution in [0, 0.1) is 5.92 Å². The third kappa shape index (κ3) is 1.53. The van der Waals surface area contributed by atoms with Crippen molar-refractivity contribution in [2.75, 3.05) is 6.54 Å². The van der Waals surface area contributed by atoms with Gasteiger partial charge < -0.3 is 5.32 Å². The molecule has 1 aliphatic rings. The average Bonchev–Trinajstić information content (AvgIpc) is 2.16. The van der Waals surface area contributed by atoms with E-state index in [1.54, 1.807) is 6.92 Å². The molecule has 0 aromatic rings. The fourth-order valence-electron chi connectivity index (χ4n) is 1.52. The van der Waals surface area contributed by atoms with Gasteiger partial charge in [-0.25, -0.2) is 8.78 Å². The second-order valence-corrected chi connectivity index (χ2v) is 3.33. The maximum absolute atomic E-state index is 13.1. The van der Waals surface area contributed by atoms with Gasteiger partial charge in [-0.1, -0.05) is 20.3 Å². The predicted octanol–water partition coefficient (Wildman–Crippen LogP) is 2.03. The lowest BCUT2D eigenvalue weighted by atomic mass is 10.00. The number of rotatable bonds is 2. The molecule has 0 unspecified atom stereocenters. The van der Waals surface area contributed by atoms with Gasteiger partial charge in [-0.15, -0.1) is 0 Å². The summed E-state index contributed by atoms with van der Waals surface area (Å²) < 4.78 is 26.3. The highest BCUT2D eigenvalue weighted by molar-refractivity contribution is 4.94. The first kappa shape index (κ1) is 8.91. The Morgan fingerprint density at radius 1 is 1.55 bits per heavy atom. The molecule has 3 heteroatoms. The highest BCUT2D eigenvalue weighted by atomic mass is 19.3. The third-order valence-corrected chi connectivity index (χ3v) is 2.37. The van der Waals surface area contributed by atoms with E-state index >= 15 is 0 Å². The summed E-state index contributed by atoms with van der Waals surface area (Å²) in [4.78, 5) is 0. The van der Waals surface area contributed by atoms with Crippen LogP contribution in [-0.2, 0) is 0 Å². The second kappa shape index (κ2) is 3.05. The molecule has 0 bridgehead atoms. The van der Waals surface area contributed by atoms with Gasteiger partial charge in [0.2, 0.25) is 0 Å². The van der Waals surface area contributed by atoms with Crippen molar-refractivity contribution in [3.8, 4) is 0 Å². The molecule has 1 nitrogen and oxygen atoms in total. The van der Waals surface area contributed by atoms with E-state index in [2.05, 4.69) is 5.32 Å². The van der Waals surface area contributed by atoms with Gasteiger partial charge in [0.25, 0.3) is 5.92 Å². The number of nitrogens with one attached hydrogen (secondary N) is 1. The van der Waals surface area contributed by atoms with Crippen molar-refractivity contribution in [1.82, 2.24) is 5.32 Å². The van der Waals surface area contributed by atoms with Crippen LogP contribution in [0.25, 0.3) is 0 Å². The SMILES string of the molecule is CCC[C@@H]1NC[C@@H](C)C1(F)F. The van der Waals surface area contributed by atoms with Gasteiger partial charge in [0, 0.05) is 12.5 Å². The van der Waals surface area contributed by atoms with Gasteiger partial charge in [-0.05, 0) is 6.42 Å². The largest absolute Gasteiger partial charge is 0.308 e. The Kier molecular flexibility index (Phi) is 2.47. The highest BCUT2D eigenvalue weighted by Gasteiger charge is 2.48. The summed E-state index contributed by atoms with van der Waals surface area (Å²) in [5.74, 6) is -2.99. The number of hydrogen-bond acceptors (Lipinski definition) is 1. The number of alkyl halides is 2. The van der Waals surface area contributed by atoms with Crippen molar-refractivity contribution >= 4 is 0 Å². The van der Waals surface area contributed by atoms with Crippen LogP contribution in [-0.4, -0.2) is 18.5 Å². The molecule has 0 aromatic heterocycles. The minimum Gasteiger partial charge on any atom is -0.308 e. The fraction of sp³-hybridized carbons (Fsp3) is 1.00. The standard InChI is InChI=1S/C8H15F2N/c1-3-4-7-8(9,10)6(2)5-11-7/h6-7,11H,3-5H2,1-2H3/t6-,7+/m1/s1. The van der Waals surface area contributed by atoms with Crippen LogP contribution in [0.1, 0.15) is 26.7 Å². The van der Waals surface area contributed by atoms with E-state index in [1.165, 1.54) is 0 Å². The third-order valence-electron chi connectivity index (χ3n) is 2.37. The molecule has 0 aromatic carbocycles. The Labute approximate surface area is 66.2 Å². The van der Waals surface area contributed by atoms with Crippen molar-refractivity contribution < 1.29 is 8.78 Å². The monoisotopic (exact) mass is 163 g/mol. The smallest absolute Gasteiger partial charge is 0.266 e. The molecule has 0 spiro atoms. The molecular formula is C8H15F2N. The Hall–Kier alpha value is -0.180. The number of hydrogen-bond donors (Lipinski definition) is 1. The zero-order chi connectivity index (χ0) is 8.48. The Balaban J connectivity index is 2.55. The molecule has 0 aliphatic carbocycles. The summed E-state index contributed by atoms with van der Waals surface area (Å²) in [6.07, 6.45) is 1.40. The maximum atomic E-state index is 13.1. The van der Waals surface area contributed by atoms with Gasteiger partial charge in [0.15, 0.2) is 0 Å². The van der Waals surface area contributed by atoms with Crippen LogP contribution >= 0.6 is 0 Å². The van der Waals surface area contributed by atoms with Crippen LogP contribution < -0.4 is 5.32 Å². The summed E-state index contributed by atoms with van der Waals surface area (Å²) >= 11 is 0. The van der Waals surface area contributed by atoms with E-state index in [0.29, 0.717) is 13.0 Å². The van der Waals surface area contributed by atoms with Gasteiger partial charge >= 0.3 is 0 Å². The summed E-state index contributed by atoms with van der Waals surface area (Å²) in [7, 11) is 0. The van der Waals surface area contributed by atoms with E-state index < -0.39 is 17.9 Å². The summed E-state index contributed by atoms with van der Waals surface area (Å²) in [6, 6.07) is -0.581. The van der Waals surface area contributed by atoms with Gasteiger partial charge in [0.05, 0.1) is 6.04 Å². The van der Waals surface area contributed by atoms with E-state index in [-0.39, 0.29) is 0 Å². The van der Waals surface area contributed by atoms with Crippen LogP contribution in [0.4, 0.5) is 8.78 Å². The molecule has 2 atom stereocenters. The second-order valence-electron chi connectivity index (χ2n) is 3.33. The van der Waals surface area contributed by atoms with Crippen molar-refractivity contribution in [2.24, 2.45) is 5.92 Å². The van der Waals surface area contributed by atoms with E-state index in [0.717, 1.165) is 6.42 Å². The Morgan fingerprint density at radius 3 is 2.55 bits per heavy atom. The summed E-state index contributed by atoms with van der Waals surface area (Å²) in [5, 5.41) is 2.85. The van der Waals surface area contributed by atoms with Crippen LogP contribution in [0.2, 0.25) is 0 Å². The van der Waals surface area contributed by atoms with Crippen molar-refractivity contribution in [1.29, 1.82) is 0 Å². The van der Waals surface area contributed by atoms with E-state index in [9.17, 15) is 8.78 Å². The van der Waals surface area contributed by atoms with Gasteiger partial charge in [-0.2, -0.15) is 0 Å². The molecule has 0 radical (unpaired) electrons. The lowest BCUT2D eigenvalue weighted by Crippen LogP contribution is -2.37. The first-order chi connectivity index (χ1) is 5.09. The molecule has 66 valence electrons. The quantitative estimate of drug-likeness (QED) is 0.656. The topological polar surface area (TPSA) is 12.0 Å². The van der Waals surface area contributed by atoms with Crippen molar-refractivity contribution in [2.45, 2.75) is 38.7 Å². The van der Waals surface area contributed by atoms with Crippen LogP contribution in [0.15, 0.2) is 0 Å². The van der Waals surface area contributed by atoms with Crippen LogP contribution in [0.5, 0.6) is 0 Å². The van der Waals surface area contributed by atoms with Gasteiger partial charge in [-0.3, -0.25) is 0 Å². The molecular weight excluding hydrogens is 148 g/mol. The molecule has 11 heavy (non-hydrogen) atoms. The van der Waals surface area contributed by atoms with Gasteiger partial charge in [0.1, 0.15) is 0 Å². The molecule has 1 saturated heterocycles. The molecule has 1 N–H and O–H groups in total. The fourth-order valence-corrected chi connectivity index (χ4v) is 1.52. The minimum atomic E-state index is -2.49. The molecule has 1 rings (SSSR count). The van der Waals surface area contributed by atoms with Crippen molar-refractivity contribution in [3.63, 3.8) is 0 Å². The maximum Gasteiger partial charge on any atom is 0.266 e. The normalized spacial score (nSPS) is 36.0. The summed E-state index contributed by atoms with van der Waals surface area (Å²) in [6.45, 7) is 3.99. The summed E-state index contributed by atoms with van der Waals surface area (Å²) in [5.41, 5.74) is 0. The molecule has 0 amide bonds. The lowest BCUT2D eigenvalue weighted by molar-refractivity contribution is -0.0472. The Morgan fingerprint density at radius 2 is 2.18 bits per heavy atom. The van der Waals surface area contributed by atoms with Crippen LogP contribution in [0.3, 0.4) is 0 Å². The van der Waals surface area contributed by atoms with E-state index in [4.69, 9.17) is 0 Å². The Bertz CT molecular complexity index is 134. The number of halogens is 2. The zero-order valence-electron chi connectivity index (χ0n) is 7.03. The molecule has 1 aliphatic heterocycles. The minimum absolute atomic E-state index is 0.456. The molecule has 1 fully saturated rings. The first-order valence-corrected chi connectivity index (χ1v) is 4.20. The zero-order valence-corrected chi connectivity index (χ0v) is 7.03. The molecule has 1 heterocycles. The highest BCUT2D eigenvalue weighted by Crippen LogP contribution is 2.34. The first-order valence-electron chi connectivity index (χ1n) is 4.20. The average molecular weight is 163 g/mol. The predicted molar refractivity (Wildman–Crippen MR) is 40.8 cm³/mol.